The number of hydrogen-bond acceptors (Lipinski definition) is 3. The van der Waals surface area contributed by atoms with Gasteiger partial charge in [-0.25, -0.2) is 4.98 Å². The molecule has 5 nitrogen and oxygen atoms in total. The number of hydrogen-bond donors (Lipinski definition) is 0. The van der Waals surface area contributed by atoms with E-state index in [1.165, 1.54) is 32.1 Å². The summed E-state index contributed by atoms with van der Waals surface area (Å²) in [5, 5.41) is 0. The van der Waals surface area contributed by atoms with Gasteiger partial charge in [0.15, 0.2) is 5.69 Å². The van der Waals surface area contributed by atoms with E-state index < -0.39 is 0 Å². The highest BCUT2D eigenvalue weighted by Gasteiger charge is 2.32. The molecule has 2 fully saturated rings. The Balaban J connectivity index is 1.45. The van der Waals surface area contributed by atoms with Gasteiger partial charge in [-0.15, -0.1) is 0 Å². The number of amides is 1. The molecule has 1 saturated heterocycles. The van der Waals surface area contributed by atoms with Gasteiger partial charge in [-0.1, -0.05) is 25.3 Å². The number of imidazole rings is 1. The van der Waals surface area contributed by atoms with Crippen LogP contribution in [0.1, 0.15) is 72.4 Å². The number of furan rings is 1. The van der Waals surface area contributed by atoms with E-state index in [0.29, 0.717) is 18.2 Å². The molecule has 3 aromatic heterocycles. The predicted octanol–water partition coefficient (Wildman–Crippen LogP) is 4.60. The Morgan fingerprint density at radius 2 is 1.93 bits per heavy atom. The van der Waals surface area contributed by atoms with Crippen molar-refractivity contribution in [1.82, 2.24) is 14.3 Å². The van der Waals surface area contributed by atoms with E-state index in [0.717, 1.165) is 30.1 Å². The van der Waals surface area contributed by atoms with Crippen LogP contribution in [0.5, 0.6) is 0 Å². The monoisotopic (exact) mass is 363 g/mol. The first-order valence-electron chi connectivity index (χ1n) is 10.1. The summed E-state index contributed by atoms with van der Waals surface area (Å²) in [6.45, 7) is 1.46. The van der Waals surface area contributed by atoms with Gasteiger partial charge >= 0.3 is 0 Å². The standard InChI is InChI=1S/C22H25N3O2/c26-22(24-13-11-17(15-24)19-10-6-14-27-19)20-18-9-4-5-12-25(18)21(23-20)16-7-2-1-3-8-16/h4-6,9-10,12,14,16-17H,1-3,7-8,11,13,15H2. The van der Waals surface area contributed by atoms with E-state index in [1.54, 1.807) is 6.26 Å². The Labute approximate surface area is 159 Å². The maximum atomic E-state index is 13.3. The number of carbonyl (C=O) groups excluding carboxylic acids is 1. The molecule has 1 unspecified atom stereocenters. The molecule has 1 atom stereocenters. The third-order valence-corrected chi connectivity index (χ3v) is 6.17. The average molecular weight is 363 g/mol. The fourth-order valence-corrected chi connectivity index (χ4v) is 4.72. The number of nitrogens with zero attached hydrogens (tertiary/aromatic N) is 3. The first-order valence-corrected chi connectivity index (χ1v) is 10.1. The molecule has 1 amide bonds. The molecule has 0 radical (unpaired) electrons. The minimum absolute atomic E-state index is 0.0508. The van der Waals surface area contributed by atoms with Gasteiger partial charge in [0.25, 0.3) is 5.91 Å². The molecule has 1 aliphatic heterocycles. The van der Waals surface area contributed by atoms with Crippen LogP contribution in [0.25, 0.3) is 5.52 Å². The minimum atomic E-state index is 0.0508. The third kappa shape index (κ3) is 2.95. The van der Waals surface area contributed by atoms with Crippen LogP contribution in [0.3, 0.4) is 0 Å². The van der Waals surface area contributed by atoms with Gasteiger partial charge in [0.1, 0.15) is 11.6 Å². The van der Waals surface area contributed by atoms with Crippen molar-refractivity contribution >= 4 is 11.4 Å². The Morgan fingerprint density at radius 3 is 2.74 bits per heavy atom. The molecule has 0 spiro atoms. The van der Waals surface area contributed by atoms with Crippen molar-refractivity contribution in [3.63, 3.8) is 0 Å². The van der Waals surface area contributed by atoms with Crippen molar-refractivity contribution in [2.45, 2.75) is 50.4 Å². The van der Waals surface area contributed by atoms with Crippen LogP contribution < -0.4 is 0 Å². The van der Waals surface area contributed by atoms with Crippen molar-refractivity contribution in [3.8, 4) is 0 Å². The van der Waals surface area contributed by atoms with E-state index >= 15 is 0 Å². The molecule has 5 rings (SSSR count). The fourth-order valence-electron chi connectivity index (χ4n) is 4.72. The average Bonchev–Trinajstić information content (AvgIpc) is 3.47. The SMILES string of the molecule is O=C(c1nc(C2CCCCC2)n2ccccc12)N1CCC(c2ccco2)C1. The van der Waals surface area contributed by atoms with E-state index in [-0.39, 0.29) is 11.8 Å². The lowest BCUT2D eigenvalue weighted by atomic mass is 9.89. The highest BCUT2D eigenvalue weighted by molar-refractivity contribution is 5.99. The second kappa shape index (κ2) is 6.87. The number of rotatable bonds is 3. The lowest BCUT2D eigenvalue weighted by Gasteiger charge is -2.20. The number of carbonyl (C=O) groups is 1. The summed E-state index contributed by atoms with van der Waals surface area (Å²) in [5.41, 5.74) is 1.54. The molecule has 5 heteroatoms. The Kier molecular flexibility index (Phi) is 4.23. The van der Waals surface area contributed by atoms with Crippen molar-refractivity contribution in [2.75, 3.05) is 13.1 Å². The van der Waals surface area contributed by atoms with Gasteiger partial charge < -0.3 is 13.7 Å². The zero-order chi connectivity index (χ0) is 18.2. The molecule has 1 aliphatic carbocycles. The lowest BCUT2D eigenvalue weighted by molar-refractivity contribution is 0.0786. The quantitative estimate of drug-likeness (QED) is 0.683. The number of aromatic nitrogens is 2. The summed E-state index contributed by atoms with van der Waals surface area (Å²) in [4.78, 5) is 20.1. The minimum Gasteiger partial charge on any atom is -0.469 e. The van der Waals surface area contributed by atoms with Crippen molar-refractivity contribution in [2.24, 2.45) is 0 Å². The molecule has 140 valence electrons. The molecule has 0 N–H and O–H groups in total. The Bertz CT molecular complexity index is 938. The first kappa shape index (κ1) is 16.6. The van der Waals surface area contributed by atoms with Crippen LogP contribution in [-0.2, 0) is 0 Å². The smallest absolute Gasteiger partial charge is 0.274 e. The van der Waals surface area contributed by atoms with Gasteiger partial charge in [-0.05, 0) is 43.5 Å². The zero-order valence-electron chi connectivity index (χ0n) is 15.5. The Morgan fingerprint density at radius 1 is 1.04 bits per heavy atom. The molecule has 2 aliphatic rings. The lowest BCUT2D eigenvalue weighted by Crippen LogP contribution is -2.29. The van der Waals surface area contributed by atoms with Gasteiger partial charge in [0.05, 0.1) is 11.8 Å². The van der Waals surface area contributed by atoms with Gasteiger partial charge in [-0.3, -0.25) is 4.79 Å². The molecule has 3 aromatic rings. The third-order valence-electron chi connectivity index (χ3n) is 6.17. The molecule has 27 heavy (non-hydrogen) atoms. The normalized spacial score (nSPS) is 21.2. The highest BCUT2D eigenvalue weighted by atomic mass is 16.3. The maximum Gasteiger partial charge on any atom is 0.274 e. The van der Waals surface area contributed by atoms with Gasteiger partial charge in [-0.2, -0.15) is 0 Å². The van der Waals surface area contributed by atoms with Crippen LogP contribution in [0.4, 0.5) is 0 Å². The molecular weight excluding hydrogens is 338 g/mol. The second-order valence-electron chi connectivity index (χ2n) is 7.86. The maximum absolute atomic E-state index is 13.3. The molecule has 1 saturated carbocycles. The second-order valence-corrected chi connectivity index (χ2v) is 7.86. The summed E-state index contributed by atoms with van der Waals surface area (Å²) in [6, 6.07) is 9.96. The van der Waals surface area contributed by atoms with E-state index in [2.05, 4.69) is 10.6 Å². The van der Waals surface area contributed by atoms with Crippen LogP contribution in [0, 0.1) is 0 Å². The zero-order valence-corrected chi connectivity index (χ0v) is 15.5. The molecule has 4 heterocycles. The fraction of sp³-hybridized carbons (Fsp3) is 0.455. The van der Waals surface area contributed by atoms with Gasteiger partial charge in [0, 0.05) is 31.1 Å². The number of fused-ring (bicyclic) bond motifs is 1. The van der Waals surface area contributed by atoms with E-state index in [1.807, 2.05) is 35.2 Å². The van der Waals surface area contributed by atoms with Crippen LogP contribution in [0.15, 0.2) is 47.2 Å². The van der Waals surface area contributed by atoms with Crippen LogP contribution in [0.2, 0.25) is 0 Å². The summed E-state index contributed by atoms with van der Waals surface area (Å²) in [5.74, 6) is 2.84. The largest absolute Gasteiger partial charge is 0.469 e. The highest BCUT2D eigenvalue weighted by Crippen LogP contribution is 2.34. The summed E-state index contributed by atoms with van der Waals surface area (Å²) in [6.07, 6.45) is 10.9. The molecule has 0 bridgehead atoms. The van der Waals surface area contributed by atoms with E-state index in [4.69, 9.17) is 9.40 Å². The van der Waals surface area contributed by atoms with Crippen molar-refractivity contribution in [3.05, 3.63) is 60.1 Å². The van der Waals surface area contributed by atoms with Crippen LogP contribution >= 0.6 is 0 Å². The molecule has 0 aromatic carbocycles. The van der Waals surface area contributed by atoms with Crippen molar-refractivity contribution < 1.29 is 9.21 Å². The van der Waals surface area contributed by atoms with Gasteiger partial charge in [0.2, 0.25) is 0 Å². The van der Waals surface area contributed by atoms with E-state index in [9.17, 15) is 4.79 Å². The molecular formula is C22H25N3O2. The summed E-state index contributed by atoms with van der Waals surface area (Å²) < 4.78 is 7.69. The number of pyridine rings is 1. The topological polar surface area (TPSA) is 50.8 Å². The first-order chi connectivity index (χ1) is 13.3. The predicted molar refractivity (Wildman–Crippen MR) is 103 cm³/mol. The van der Waals surface area contributed by atoms with Crippen molar-refractivity contribution in [1.29, 1.82) is 0 Å². The Hall–Kier alpha value is -2.56. The summed E-state index contributed by atoms with van der Waals surface area (Å²) >= 11 is 0. The summed E-state index contributed by atoms with van der Waals surface area (Å²) in [7, 11) is 0. The van der Waals surface area contributed by atoms with Crippen LogP contribution in [-0.4, -0.2) is 33.3 Å². The number of likely N-dealkylation sites (tertiary alicyclic amines) is 1.